The molecular weight excluding hydrogens is 336 g/mol. The summed E-state index contributed by atoms with van der Waals surface area (Å²) in [5.74, 6) is 0.401. The summed E-state index contributed by atoms with van der Waals surface area (Å²) < 4.78 is 53.9. The zero-order valence-electron chi connectivity index (χ0n) is 13.3. The van der Waals surface area contributed by atoms with Gasteiger partial charge in [0.05, 0.1) is 9.79 Å². The molecule has 0 bridgehead atoms. The smallest absolute Gasteiger partial charge is 0.208 e. The lowest BCUT2D eigenvalue weighted by atomic mass is 10.2. The maximum absolute atomic E-state index is 12.7. The zero-order chi connectivity index (χ0) is 16.8. The molecule has 2 aliphatic rings. The van der Waals surface area contributed by atoms with Crippen molar-refractivity contribution in [3.05, 3.63) is 24.3 Å². The van der Waals surface area contributed by atoms with Crippen molar-refractivity contribution in [2.24, 2.45) is 5.92 Å². The Bertz CT molecular complexity index is 797. The highest BCUT2D eigenvalue weighted by Crippen LogP contribution is 2.36. The first kappa shape index (κ1) is 16.9. The standard InChI is InChI=1S/C15H22N2O4S2/c1-11(12-6-7-12)17(2)23(20,21)15-5-3-4-14(10-15)22(18,19)16-13-8-9-13/h3-5,10-13,16H,6-9H2,1-2H3. The van der Waals surface area contributed by atoms with Crippen LogP contribution in [0.3, 0.4) is 0 Å². The average Bonchev–Trinajstić information content (AvgIpc) is 3.39. The van der Waals surface area contributed by atoms with E-state index in [1.165, 1.54) is 28.6 Å². The maximum Gasteiger partial charge on any atom is 0.243 e. The van der Waals surface area contributed by atoms with Gasteiger partial charge in [-0.05, 0) is 56.7 Å². The fourth-order valence-electron chi connectivity index (χ4n) is 2.55. The molecule has 0 saturated heterocycles. The van der Waals surface area contributed by atoms with E-state index in [1.54, 1.807) is 7.05 Å². The Morgan fingerprint density at radius 1 is 1.09 bits per heavy atom. The van der Waals surface area contributed by atoms with Crippen LogP contribution in [-0.4, -0.2) is 40.3 Å². The molecule has 128 valence electrons. The largest absolute Gasteiger partial charge is 0.243 e. The van der Waals surface area contributed by atoms with Gasteiger partial charge in [-0.2, -0.15) is 4.31 Å². The van der Waals surface area contributed by atoms with Gasteiger partial charge in [-0.25, -0.2) is 21.6 Å². The van der Waals surface area contributed by atoms with Crippen molar-refractivity contribution in [3.63, 3.8) is 0 Å². The number of hydrogen-bond acceptors (Lipinski definition) is 4. The van der Waals surface area contributed by atoms with Gasteiger partial charge < -0.3 is 0 Å². The molecule has 1 N–H and O–H groups in total. The van der Waals surface area contributed by atoms with E-state index in [2.05, 4.69) is 4.72 Å². The van der Waals surface area contributed by atoms with Gasteiger partial charge in [-0.3, -0.25) is 0 Å². The highest BCUT2D eigenvalue weighted by Gasteiger charge is 2.36. The lowest BCUT2D eigenvalue weighted by Gasteiger charge is -2.24. The number of sulfonamides is 2. The van der Waals surface area contributed by atoms with Crippen LogP contribution in [0.1, 0.15) is 32.6 Å². The summed E-state index contributed by atoms with van der Waals surface area (Å²) in [6.45, 7) is 1.89. The van der Waals surface area contributed by atoms with Crippen LogP contribution < -0.4 is 4.72 Å². The van der Waals surface area contributed by atoms with Crippen LogP contribution in [-0.2, 0) is 20.0 Å². The summed E-state index contributed by atoms with van der Waals surface area (Å²) in [4.78, 5) is 0.0177. The summed E-state index contributed by atoms with van der Waals surface area (Å²) in [5.41, 5.74) is 0. The van der Waals surface area contributed by atoms with Crippen LogP contribution in [0.5, 0.6) is 0 Å². The quantitative estimate of drug-likeness (QED) is 0.801. The second-order valence-corrected chi connectivity index (χ2v) is 10.2. The Labute approximate surface area is 138 Å². The summed E-state index contributed by atoms with van der Waals surface area (Å²) in [6.07, 6.45) is 3.75. The summed E-state index contributed by atoms with van der Waals surface area (Å²) in [6, 6.07) is 5.50. The zero-order valence-corrected chi connectivity index (χ0v) is 14.9. The third-order valence-electron chi connectivity index (χ3n) is 4.57. The lowest BCUT2D eigenvalue weighted by molar-refractivity contribution is 0.357. The van der Waals surface area contributed by atoms with E-state index in [0.29, 0.717) is 5.92 Å². The van der Waals surface area contributed by atoms with E-state index in [1.807, 2.05) is 6.92 Å². The maximum atomic E-state index is 12.7. The van der Waals surface area contributed by atoms with Crippen molar-refractivity contribution >= 4 is 20.0 Å². The van der Waals surface area contributed by atoms with Gasteiger partial charge >= 0.3 is 0 Å². The normalized spacial score (nSPS) is 20.7. The van der Waals surface area contributed by atoms with Gasteiger partial charge in [-0.15, -0.1) is 0 Å². The van der Waals surface area contributed by atoms with Gasteiger partial charge in [0.25, 0.3) is 0 Å². The molecule has 0 radical (unpaired) electrons. The molecule has 23 heavy (non-hydrogen) atoms. The van der Waals surface area contributed by atoms with E-state index >= 15 is 0 Å². The van der Waals surface area contributed by atoms with Crippen molar-refractivity contribution < 1.29 is 16.8 Å². The Morgan fingerprint density at radius 3 is 2.26 bits per heavy atom. The highest BCUT2D eigenvalue weighted by molar-refractivity contribution is 7.90. The summed E-state index contributed by atoms with van der Waals surface area (Å²) >= 11 is 0. The molecule has 1 aromatic carbocycles. The van der Waals surface area contributed by atoms with E-state index in [-0.39, 0.29) is 21.9 Å². The van der Waals surface area contributed by atoms with Gasteiger partial charge in [0, 0.05) is 19.1 Å². The molecule has 1 atom stereocenters. The predicted octanol–water partition coefficient (Wildman–Crippen LogP) is 1.55. The van der Waals surface area contributed by atoms with Crippen molar-refractivity contribution in [1.82, 2.24) is 9.03 Å². The van der Waals surface area contributed by atoms with E-state index < -0.39 is 20.0 Å². The van der Waals surface area contributed by atoms with E-state index in [4.69, 9.17) is 0 Å². The second kappa shape index (κ2) is 5.84. The number of rotatable bonds is 7. The molecule has 6 nitrogen and oxygen atoms in total. The van der Waals surface area contributed by atoms with Gasteiger partial charge in [0.15, 0.2) is 0 Å². The molecule has 0 aromatic heterocycles. The van der Waals surface area contributed by atoms with Crippen molar-refractivity contribution in [2.45, 2.75) is 54.5 Å². The Balaban J connectivity index is 1.88. The molecule has 0 spiro atoms. The van der Waals surface area contributed by atoms with E-state index in [9.17, 15) is 16.8 Å². The number of benzene rings is 1. The fourth-order valence-corrected chi connectivity index (χ4v) is 5.45. The van der Waals surface area contributed by atoms with E-state index in [0.717, 1.165) is 25.7 Å². The third kappa shape index (κ3) is 3.60. The summed E-state index contributed by atoms with van der Waals surface area (Å²) in [5, 5.41) is 0. The number of nitrogens with one attached hydrogen (secondary N) is 1. The minimum absolute atomic E-state index is 0.00190. The SMILES string of the molecule is CC(C1CC1)N(C)S(=O)(=O)c1cccc(S(=O)(=O)NC2CC2)c1. The first-order valence-corrected chi connectivity index (χ1v) is 10.7. The minimum Gasteiger partial charge on any atom is -0.208 e. The molecule has 8 heteroatoms. The average molecular weight is 358 g/mol. The topological polar surface area (TPSA) is 83.6 Å². The van der Waals surface area contributed by atoms with Crippen LogP contribution in [0.25, 0.3) is 0 Å². The molecule has 2 saturated carbocycles. The van der Waals surface area contributed by atoms with Crippen LogP contribution in [0.4, 0.5) is 0 Å². The number of hydrogen-bond donors (Lipinski definition) is 1. The first-order chi connectivity index (χ1) is 10.7. The van der Waals surface area contributed by atoms with Crippen LogP contribution in [0.15, 0.2) is 34.1 Å². The van der Waals surface area contributed by atoms with Gasteiger partial charge in [0.2, 0.25) is 20.0 Å². The minimum atomic E-state index is -3.70. The lowest BCUT2D eigenvalue weighted by Crippen LogP contribution is -2.36. The Morgan fingerprint density at radius 2 is 1.70 bits per heavy atom. The molecule has 0 amide bonds. The van der Waals surface area contributed by atoms with Crippen molar-refractivity contribution in [1.29, 1.82) is 0 Å². The van der Waals surface area contributed by atoms with Crippen molar-refractivity contribution in [2.75, 3.05) is 7.05 Å². The van der Waals surface area contributed by atoms with Crippen LogP contribution in [0, 0.1) is 5.92 Å². The van der Waals surface area contributed by atoms with Crippen LogP contribution >= 0.6 is 0 Å². The highest BCUT2D eigenvalue weighted by atomic mass is 32.2. The molecule has 0 aliphatic heterocycles. The monoisotopic (exact) mass is 358 g/mol. The third-order valence-corrected chi connectivity index (χ3v) is 8.03. The number of nitrogens with zero attached hydrogens (tertiary/aromatic N) is 1. The predicted molar refractivity (Wildman–Crippen MR) is 86.9 cm³/mol. The molecule has 2 aliphatic carbocycles. The van der Waals surface area contributed by atoms with Gasteiger partial charge in [-0.1, -0.05) is 6.07 Å². The Hall–Kier alpha value is -0.960. The molecular formula is C15H22N2O4S2. The van der Waals surface area contributed by atoms with Gasteiger partial charge in [0.1, 0.15) is 0 Å². The molecule has 3 rings (SSSR count). The molecule has 1 unspecified atom stereocenters. The fraction of sp³-hybridized carbons (Fsp3) is 0.600. The molecule has 1 aromatic rings. The summed E-state index contributed by atoms with van der Waals surface area (Å²) in [7, 11) is -5.80. The van der Waals surface area contributed by atoms with Crippen molar-refractivity contribution in [3.8, 4) is 0 Å². The first-order valence-electron chi connectivity index (χ1n) is 7.82. The second-order valence-electron chi connectivity index (χ2n) is 6.47. The molecule has 0 heterocycles. The van der Waals surface area contributed by atoms with Crippen LogP contribution in [0.2, 0.25) is 0 Å². The molecule has 2 fully saturated rings. The Kier molecular flexibility index (Phi) is 4.29.